The number of imide groups is 1. The number of ether oxygens (including phenoxy) is 2. The zero-order valence-electron chi connectivity index (χ0n) is 20.0. The molecule has 38 heavy (non-hydrogen) atoms. The second kappa shape index (κ2) is 12.3. The van der Waals surface area contributed by atoms with Crippen molar-refractivity contribution in [2.45, 2.75) is 13.5 Å². The number of nitrogens with zero attached hydrogens (tertiary/aromatic N) is 1. The second-order valence-electron chi connectivity index (χ2n) is 7.97. The van der Waals surface area contributed by atoms with E-state index in [2.05, 4.69) is 5.32 Å². The molecule has 0 aliphatic carbocycles. The van der Waals surface area contributed by atoms with E-state index in [0.29, 0.717) is 40.9 Å². The van der Waals surface area contributed by atoms with Gasteiger partial charge in [-0.3, -0.25) is 19.3 Å². The largest absolute Gasteiger partial charge is 0.494 e. The van der Waals surface area contributed by atoms with Gasteiger partial charge in [-0.25, -0.2) is 4.39 Å². The molecule has 1 N–H and O–H groups in total. The fourth-order valence-corrected chi connectivity index (χ4v) is 4.95. The summed E-state index contributed by atoms with van der Waals surface area (Å²) in [5.74, 6) is -0.742. The Morgan fingerprint density at radius 3 is 2.39 bits per heavy atom. The quantitative estimate of drug-likeness (QED) is 0.283. The Bertz CT molecular complexity index is 1390. The van der Waals surface area contributed by atoms with Crippen LogP contribution in [0.4, 0.5) is 14.9 Å². The highest BCUT2D eigenvalue weighted by Gasteiger charge is 2.36. The molecule has 0 radical (unpaired) electrons. The smallest absolute Gasteiger partial charge is 0.294 e. The number of rotatable bonds is 9. The first-order valence-corrected chi connectivity index (χ1v) is 13.0. The molecule has 7 nitrogen and oxygen atoms in total. The number of hydrogen-bond acceptors (Lipinski definition) is 6. The first kappa shape index (κ1) is 27.5. The minimum absolute atomic E-state index is 0.0803. The van der Waals surface area contributed by atoms with Gasteiger partial charge in [0.1, 0.15) is 24.7 Å². The summed E-state index contributed by atoms with van der Waals surface area (Å²) in [6, 6.07) is 15.9. The van der Waals surface area contributed by atoms with E-state index in [-0.39, 0.29) is 27.3 Å². The Balaban J connectivity index is 1.41. The fraction of sp³-hybridized carbons (Fsp3) is 0.148. The predicted octanol–water partition coefficient (Wildman–Crippen LogP) is 6.79. The third kappa shape index (κ3) is 6.66. The zero-order chi connectivity index (χ0) is 27.2. The summed E-state index contributed by atoms with van der Waals surface area (Å²) in [6.45, 7) is 1.86. The average molecular weight is 575 g/mol. The maximum absolute atomic E-state index is 13.9. The van der Waals surface area contributed by atoms with Crippen LogP contribution in [0.1, 0.15) is 18.1 Å². The molecule has 1 aliphatic rings. The topological polar surface area (TPSA) is 84.9 Å². The molecular weight excluding hydrogens is 554 g/mol. The van der Waals surface area contributed by atoms with Gasteiger partial charge in [0.15, 0.2) is 5.75 Å². The standard InChI is InChI=1S/C27H21Cl2FN2O5S/c1-2-36-19-9-7-18(8-10-19)31-24(33)14-32-26(34)23(38-27(32)35)13-16-11-20(28)25(21(29)12-16)37-15-17-5-3-4-6-22(17)30/h3-13H,2,14-15H2,1H3,(H,31,33)/b23-13+. The van der Waals surface area contributed by atoms with Crippen molar-refractivity contribution in [1.82, 2.24) is 4.90 Å². The lowest BCUT2D eigenvalue weighted by Gasteiger charge is -2.13. The molecule has 0 saturated carbocycles. The summed E-state index contributed by atoms with van der Waals surface area (Å²) < 4.78 is 24.8. The van der Waals surface area contributed by atoms with E-state index in [1.54, 1.807) is 42.5 Å². The van der Waals surface area contributed by atoms with Crippen molar-refractivity contribution in [3.63, 3.8) is 0 Å². The van der Waals surface area contributed by atoms with Crippen LogP contribution in [0.3, 0.4) is 0 Å². The van der Waals surface area contributed by atoms with Gasteiger partial charge in [-0.15, -0.1) is 0 Å². The number of benzene rings is 3. The van der Waals surface area contributed by atoms with Crippen molar-refractivity contribution >= 4 is 63.8 Å². The molecule has 1 saturated heterocycles. The van der Waals surface area contributed by atoms with Crippen LogP contribution in [-0.4, -0.2) is 35.1 Å². The van der Waals surface area contributed by atoms with Crippen molar-refractivity contribution in [1.29, 1.82) is 0 Å². The molecule has 196 valence electrons. The van der Waals surface area contributed by atoms with E-state index in [4.69, 9.17) is 32.7 Å². The van der Waals surface area contributed by atoms with E-state index < -0.39 is 29.4 Å². The highest BCUT2D eigenvalue weighted by molar-refractivity contribution is 8.18. The predicted molar refractivity (Wildman–Crippen MR) is 146 cm³/mol. The number of anilines is 1. The van der Waals surface area contributed by atoms with Crippen molar-refractivity contribution in [2.75, 3.05) is 18.5 Å². The van der Waals surface area contributed by atoms with Gasteiger partial charge in [0.25, 0.3) is 11.1 Å². The molecular formula is C27H21Cl2FN2O5S. The second-order valence-corrected chi connectivity index (χ2v) is 9.77. The van der Waals surface area contributed by atoms with Crippen LogP contribution in [0, 0.1) is 5.82 Å². The van der Waals surface area contributed by atoms with Gasteiger partial charge >= 0.3 is 0 Å². The van der Waals surface area contributed by atoms with Crippen molar-refractivity contribution in [3.05, 3.63) is 92.6 Å². The Morgan fingerprint density at radius 2 is 1.74 bits per heavy atom. The zero-order valence-corrected chi connectivity index (χ0v) is 22.3. The SMILES string of the molecule is CCOc1ccc(NC(=O)CN2C(=O)S/C(=C/c3cc(Cl)c(OCc4ccccc4F)c(Cl)c3)C2=O)cc1. The first-order valence-electron chi connectivity index (χ1n) is 11.4. The van der Waals surface area contributed by atoms with Gasteiger partial charge in [0.05, 0.1) is 21.6 Å². The third-order valence-corrected chi connectivity index (χ3v) is 6.74. The molecule has 0 aromatic heterocycles. The Morgan fingerprint density at radius 1 is 1.05 bits per heavy atom. The summed E-state index contributed by atoms with van der Waals surface area (Å²) in [5.41, 5.74) is 1.29. The number of hydrogen-bond donors (Lipinski definition) is 1. The Labute approximate surface area is 232 Å². The monoisotopic (exact) mass is 574 g/mol. The van der Waals surface area contributed by atoms with Gasteiger partial charge in [-0.05, 0) is 72.8 Å². The molecule has 4 rings (SSSR count). The van der Waals surface area contributed by atoms with Gasteiger partial charge in [0, 0.05) is 11.3 Å². The summed E-state index contributed by atoms with van der Waals surface area (Å²) in [4.78, 5) is 38.7. The van der Waals surface area contributed by atoms with Crippen molar-refractivity contribution in [3.8, 4) is 11.5 Å². The highest BCUT2D eigenvalue weighted by atomic mass is 35.5. The normalized spacial score (nSPS) is 14.2. The van der Waals surface area contributed by atoms with Crippen LogP contribution in [0.2, 0.25) is 10.0 Å². The van der Waals surface area contributed by atoms with Crippen LogP contribution in [0.15, 0.2) is 65.6 Å². The molecule has 0 spiro atoms. The Hall–Kier alpha value is -3.53. The maximum atomic E-state index is 13.9. The van der Waals surface area contributed by atoms with Crippen molar-refractivity contribution < 1.29 is 28.2 Å². The maximum Gasteiger partial charge on any atom is 0.294 e. The van der Waals surface area contributed by atoms with E-state index >= 15 is 0 Å². The molecule has 3 amide bonds. The summed E-state index contributed by atoms with van der Waals surface area (Å²) >= 11 is 13.4. The van der Waals surface area contributed by atoms with E-state index in [1.165, 1.54) is 24.3 Å². The lowest BCUT2D eigenvalue weighted by Crippen LogP contribution is -2.36. The number of thioether (sulfide) groups is 1. The summed E-state index contributed by atoms with van der Waals surface area (Å²) in [5, 5.41) is 2.37. The molecule has 0 atom stereocenters. The van der Waals surface area contributed by atoms with Gasteiger partial charge in [-0.2, -0.15) is 0 Å². The number of carbonyl (C=O) groups is 3. The molecule has 0 bridgehead atoms. The van der Waals surface area contributed by atoms with Gasteiger partial charge in [0.2, 0.25) is 5.91 Å². The number of halogens is 3. The van der Waals surface area contributed by atoms with Gasteiger partial charge < -0.3 is 14.8 Å². The molecule has 11 heteroatoms. The molecule has 3 aromatic carbocycles. The van der Waals surface area contributed by atoms with Crippen LogP contribution < -0.4 is 14.8 Å². The minimum atomic E-state index is -0.617. The number of nitrogens with one attached hydrogen (secondary N) is 1. The first-order chi connectivity index (χ1) is 18.2. The molecule has 1 fully saturated rings. The molecule has 0 unspecified atom stereocenters. The van der Waals surface area contributed by atoms with Crippen LogP contribution >= 0.6 is 35.0 Å². The van der Waals surface area contributed by atoms with Crippen LogP contribution in [-0.2, 0) is 16.2 Å². The number of carbonyl (C=O) groups excluding carboxylic acids is 3. The average Bonchev–Trinajstić information content (AvgIpc) is 3.13. The lowest BCUT2D eigenvalue weighted by atomic mass is 10.2. The van der Waals surface area contributed by atoms with Crippen molar-refractivity contribution in [2.24, 2.45) is 0 Å². The molecule has 1 heterocycles. The Kier molecular flexibility index (Phi) is 8.93. The summed E-state index contributed by atoms with van der Waals surface area (Å²) in [7, 11) is 0. The van der Waals surface area contributed by atoms with E-state index in [9.17, 15) is 18.8 Å². The third-order valence-electron chi connectivity index (χ3n) is 5.27. The fourth-order valence-electron chi connectivity index (χ4n) is 3.50. The molecule has 1 aliphatic heterocycles. The highest BCUT2D eigenvalue weighted by Crippen LogP contribution is 2.38. The van der Waals surface area contributed by atoms with Gasteiger partial charge in [-0.1, -0.05) is 41.4 Å². The van der Waals surface area contributed by atoms with E-state index in [0.717, 1.165) is 4.90 Å². The minimum Gasteiger partial charge on any atom is -0.494 e. The number of amides is 3. The summed E-state index contributed by atoms with van der Waals surface area (Å²) in [6.07, 6.45) is 1.45. The molecule has 3 aromatic rings. The van der Waals surface area contributed by atoms with Crippen LogP contribution in [0.25, 0.3) is 6.08 Å². The lowest BCUT2D eigenvalue weighted by molar-refractivity contribution is -0.127. The van der Waals surface area contributed by atoms with E-state index in [1.807, 2.05) is 6.92 Å². The van der Waals surface area contributed by atoms with Crippen LogP contribution in [0.5, 0.6) is 11.5 Å².